The van der Waals surface area contributed by atoms with Gasteiger partial charge in [-0.15, -0.1) is 11.6 Å². The van der Waals surface area contributed by atoms with E-state index in [2.05, 4.69) is 9.97 Å². The molecule has 2 rings (SSSR count). The summed E-state index contributed by atoms with van der Waals surface area (Å²) in [7, 11) is 0. The van der Waals surface area contributed by atoms with Crippen LogP contribution in [0.3, 0.4) is 0 Å². The molecule has 1 aromatic carbocycles. The van der Waals surface area contributed by atoms with Crippen molar-refractivity contribution >= 4 is 11.6 Å². The lowest BCUT2D eigenvalue weighted by atomic mass is 10.1. The number of hydrogen-bond acceptors (Lipinski definition) is 3. The van der Waals surface area contributed by atoms with E-state index in [4.69, 9.17) is 16.3 Å². The number of aryl methyl sites for hydroxylation is 2. The van der Waals surface area contributed by atoms with Crippen LogP contribution in [0.25, 0.3) is 0 Å². The highest BCUT2D eigenvalue weighted by molar-refractivity contribution is 6.17. The number of nitrogens with zero attached hydrogens (tertiary/aromatic N) is 2. The fraction of sp³-hybridized carbons (Fsp3) is 0.286. The highest BCUT2D eigenvalue weighted by Crippen LogP contribution is 2.25. The van der Waals surface area contributed by atoms with Crippen LogP contribution in [0.2, 0.25) is 0 Å². The van der Waals surface area contributed by atoms with E-state index in [1.807, 2.05) is 39.0 Å². The molecule has 0 N–H and O–H groups in total. The minimum absolute atomic E-state index is 0.357. The molecule has 0 aliphatic rings. The van der Waals surface area contributed by atoms with Crippen LogP contribution >= 0.6 is 11.6 Å². The normalized spacial score (nSPS) is 10.4. The molecule has 0 atom stereocenters. The summed E-state index contributed by atoms with van der Waals surface area (Å²) in [5, 5.41) is 0. The van der Waals surface area contributed by atoms with Gasteiger partial charge >= 0.3 is 6.01 Å². The molecule has 0 saturated carbocycles. The van der Waals surface area contributed by atoms with Crippen molar-refractivity contribution in [2.24, 2.45) is 0 Å². The molecule has 2 aromatic rings. The number of hydrogen-bond donors (Lipinski definition) is 0. The largest absolute Gasteiger partial charge is 0.424 e. The first-order valence-electron chi connectivity index (χ1n) is 5.74. The van der Waals surface area contributed by atoms with Gasteiger partial charge in [-0.25, -0.2) is 4.98 Å². The van der Waals surface area contributed by atoms with Crippen molar-refractivity contribution in [3.05, 3.63) is 46.8 Å². The molecule has 3 nitrogen and oxygen atoms in total. The summed E-state index contributed by atoms with van der Waals surface area (Å²) in [5.41, 5.74) is 4.05. The van der Waals surface area contributed by atoms with Gasteiger partial charge in [0.15, 0.2) is 0 Å². The number of benzene rings is 1. The molecule has 0 aliphatic carbocycles. The minimum Gasteiger partial charge on any atom is -0.424 e. The number of aromatic nitrogens is 2. The third kappa shape index (κ3) is 2.62. The van der Waals surface area contributed by atoms with Gasteiger partial charge in [-0.05, 0) is 38.0 Å². The molecule has 0 bridgehead atoms. The highest BCUT2D eigenvalue weighted by Gasteiger charge is 2.07. The second-order valence-electron chi connectivity index (χ2n) is 4.20. The summed E-state index contributed by atoms with van der Waals surface area (Å²) >= 11 is 5.77. The molecule has 0 aliphatic heterocycles. The minimum atomic E-state index is 0.357. The van der Waals surface area contributed by atoms with E-state index in [1.165, 1.54) is 5.56 Å². The van der Waals surface area contributed by atoms with Crippen molar-refractivity contribution in [2.75, 3.05) is 0 Å². The molecule has 0 fully saturated rings. The average molecular weight is 263 g/mol. The van der Waals surface area contributed by atoms with Crippen LogP contribution in [0.1, 0.15) is 22.4 Å². The summed E-state index contributed by atoms with van der Waals surface area (Å²) in [5.74, 6) is 1.20. The quantitative estimate of drug-likeness (QED) is 0.786. The first-order chi connectivity index (χ1) is 8.61. The van der Waals surface area contributed by atoms with Gasteiger partial charge in [-0.1, -0.05) is 12.1 Å². The average Bonchev–Trinajstić information content (AvgIpc) is 2.35. The molecule has 0 spiro atoms. The number of rotatable bonds is 3. The Labute approximate surface area is 112 Å². The van der Waals surface area contributed by atoms with E-state index >= 15 is 0 Å². The predicted octanol–water partition coefficient (Wildman–Crippen LogP) is 3.93. The zero-order chi connectivity index (χ0) is 13.1. The first kappa shape index (κ1) is 12.8. The summed E-state index contributed by atoms with van der Waals surface area (Å²) in [6, 6.07) is 6.27. The smallest absolute Gasteiger partial charge is 0.322 e. The first-order valence-corrected chi connectivity index (χ1v) is 6.28. The Kier molecular flexibility index (Phi) is 3.82. The Hall–Kier alpha value is -1.61. The second-order valence-corrected chi connectivity index (χ2v) is 4.46. The Morgan fingerprint density at radius 3 is 2.67 bits per heavy atom. The Morgan fingerprint density at radius 1 is 1.22 bits per heavy atom. The van der Waals surface area contributed by atoms with Crippen LogP contribution in [0, 0.1) is 20.8 Å². The molecule has 0 radical (unpaired) electrons. The van der Waals surface area contributed by atoms with Crippen LogP contribution in [0.4, 0.5) is 0 Å². The Balaban J connectivity index is 2.29. The van der Waals surface area contributed by atoms with Gasteiger partial charge < -0.3 is 4.74 Å². The highest BCUT2D eigenvalue weighted by atomic mass is 35.5. The van der Waals surface area contributed by atoms with E-state index in [9.17, 15) is 0 Å². The monoisotopic (exact) mass is 262 g/mol. The van der Waals surface area contributed by atoms with Crippen molar-refractivity contribution < 1.29 is 4.74 Å². The fourth-order valence-corrected chi connectivity index (χ4v) is 1.85. The van der Waals surface area contributed by atoms with Gasteiger partial charge in [0.1, 0.15) is 5.75 Å². The van der Waals surface area contributed by atoms with E-state index in [0.29, 0.717) is 11.9 Å². The zero-order valence-electron chi connectivity index (χ0n) is 10.7. The third-order valence-corrected chi connectivity index (χ3v) is 3.25. The van der Waals surface area contributed by atoms with Gasteiger partial charge in [0.25, 0.3) is 0 Å². The second kappa shape index (κ2) is 5.36. The molecule has 18 heavy (non-hydrogen) atoms. The lowest BCUT2D eigenvalue weighted by molar-refractivity contribution is 0.436. The number of halogens is 1. The molecule has 0 unspecified atom stereocenters. The van der Waals surface area contributed by atoms with Crippen LogP contribution in [-0.2, 0) is 5.88 Å². The van der Waals surface area contributed by atoms with Crippen molar-refractivity contribution in [1.29, 1.82) is 0 Å². The standard InChI is InChI=1S/C14H15ClN2O/c1-9-5-4-6-13(10(9)2)18-14-16-8-12(7-15)11(3)17-14/h4-6,8H,7H2,1-3H3. The molecule has 4 heteroatoms. The molecular weight excluding hydrogens is 248 g/mol. The van der Waals surface area contributed by atoms with Crippen LogP contribution in [0.15, 0.2) is 24.4 Å². The molecule has 1 aromatic heterocycles. The van der Waals surface area contributed by atoms with E-state index in [0.717, 1.165) is 22.6 Å². The molecule has 94 valence electrons. The fourth-order valence-electron chi connectivity index (χ4n) is 1.58. The number of ether oxygens (including phenoxy) is 1. The molecule has 0 saturated heterocycles. The summed E-state index contributed by atoms with van der Waals surface area (Å²) in [6.45, 7) is 5.96. The van der Waals surface area contributed by atoms with Gasteiger partial charge in [-0.2, -0.15) is 4.98 Å². The van der Waals surface area contributed by atoms with E-state index in [1.54, 1.807) is 6.20 Å². The van der Waals surface area contributed by atoms with Crippen molar-refractivity contribution in [2.45, 2.75) is 26.7 Å². The SMILES string of the molecule is Cc1cccc(Oc2ncc(CCl)c(C)n2)c1C. The van der Waals surface area contributed by atoms with Crippen molar-refractivity contribution in [3.8, 4) is 11.8 Å². The maximum absolute atomic E-state index is 5.77. The van der Waals surface area contributed by atoms with Gasteiger partial charge in [0.05, 0.1) is 5.88 Å². The molecule has 0 amide bonds. The predicted molar refractivity (Wildman–Crippen MR) is 72.3 cm³/mol. The maximum Gasteiger partial charge on any atom is 0.322 e. The number of alkyl halides is 1. The molecular formula is C14H15ClN2O. The summed E-state index contributed by atoms with van der Waals surface area (Å²) in [6.07, 6.45) is 1.70. The van der Waals surface area contributed by atoms with E-state index < -0.39 is 0 Å². The Bertz CT molecular complexity index is 570. The zero-order valence-corrected chi connectivity index (χ0v) is 11.5. The van der Waals surface area contributed by atoms with Gasteiger partial charge in [0, 0.05) is 17.5 Å². The Morgan fingerprint density at radius 2 is 2.00 bits per heavy atom. The molecule has 1 heterocycles. The summed E-state index contributed by atoms with van der Waals surface area (Å²) < 4.78 is 5.70. The van der Waals surface area contributed by atoms with Gasteiger partial charge in [-0.3, -0.25) is 0 Å². The van der Waals surface area contributed by atoms with E-state index in [-0.39, 0.29) is 0 Å². The van der Waals surface area contributed by atoms with Crippen molar-refractivity contribution in [3.63, 3.8) is 0 Å². The van der Waals surface area contributed by atoms with Gasteiger partial charge in [0.2, 0.25) is 0 Å². The van der Waals surface area contributed by atoms with Crippen LogP contribution < -0.4 is 4.74 Å². The van der Waals surface area contributed by atoms with Crippen LogP contribution in [0.5, 0.6) is 11.8 Å². The lowest BCUT2D eigenvalue weighted by Gasteiger charge is -2.09. The van der Waals surface area contributed by atoms with Crippen molar-refractivity contribution in [1.82, 2.24) is 9.97 Å². The summed E-state index contributed by atoms with van der Waals surface area (Å²) in [4.78, 5) is 8.45. The lowest BCUT2D eigenvalue weighted by Crippen LogP contribution is -1.98. The van der Waals surface area contributed by atoms with Crippen LogP contribution in [-0.4, -0.2) is 9.97 Å². The third-order valence-electron chi connectivity index (χ3n) is 2.96. The maximum atomic E-state index is 5.77. The topological polar surface area (TPSA) is 35.0 Å².